The molecule has 0 N–H and O–H groups in total. The summed E-state index contributed by atoms with van der Waals surface area (Å²) in [5, 5.41) is 6.53. The Morgan fingerprint density at radius 3 is 2.47 bits per heavy atom. The number of nitrogens with zero attached hydrogens (tertiary/aromatic N) is 4. The molecule has 1 saturated heterocycles. The highest BCUT2D eigenvalue weighted by Crippen LogP contribution is 2.31. The minimum absolute atomic E-state index is 0.0742. The van der Waals surface area contributed by atoms with Crippen molar-refractivity contribution in [1.82, 2.24) is 19.2 Å². The van der Waals surface area contributed by atoms with Gasteiger partial charge in [-0.25, -0.2) is 0 Å². The summed E-state index contributed by atoms with van der Waals surface area (Å²) in [6.07, 6.45) is 2.29. The highest BCUT2D eigenvalue weighted by atomic mass is 16.2. The smallest absolute Gasteiger partial charge is 0.296 e. The van der Waals surface area contributed by atoms with Gasteiger partial charge < -0.3 is 9.47 Å². The topological polar surface area (TPSA) is 60.1 Å². The van der Waals surface area contributed by atoms with Crippen LogP contribution in [-0.2, 0) is 18.3 Å². The molecule has 0 saturated carbocycles. The van der Waals surface area contributed by atoms with Gasteiger partial charge in [0.2, 0.25) is 5.91 Å². The van der Waals surface area contributed by atoms with Crippen LogP contribution in [0.4, 0.5) is 0 Å². The summed E-state index contributed by atoms with van der Waals surface area (Å²) in [4.78, 5) is 28.4. The van der Waals surface area contributed by atoms with E-state index in [4.69, 9.17) is 5.10 Å². The average Bonchev–Trinajstić information content (AvgIpc) is 3.39. The van der Waals surface area contributed by atoms with E-state index >= 15 is 0 Å². The fourth-order valence-electron chi connectivity index (χ4n) is 4.60. The second-order valence-corrected chi connectivity index (χ2v) is 8.02. The van der Waals surface area contributed by atoms with Crippen LogP contribution in [0.5, 0.6) is 0 Å². The molecule has 1 amide bonds. The largest absolute Gasteiger partial charge is 0.342 e. The molecule has 5 rings (SSSR count). The summed E-state index contributed by atoms with van der Waals surface area (Å²) in [5.41, 5.74) is 3.82. The Bertz CT molecular complexity index is 1330. The zero-order chi connectivity index (χ0) is 20.8. The van der Waals surface area contributed by atoms with Crippen molar-refractivity contribution < 1.29 is 4.79 Å². The standard InChI is InChI=1S/C24H24N4O2/c1-16-9-8-12-19-21(16)22-18(15-20(29)27-13-6-7-14-27)25-28(17-10-4-3-5-11-17)24(30)23(22)26(19)2/h3-5,8-12H,6-7,13-15H2,1-2H3. The fraction of sp³-hybridized carbons (Fsp3) is 0.292. The first-order valence-electron chi connectivity index (χ1n) is 10.4. The number of hydrogen-bond acceptors (Lipinski definition) is 3. The van der Waals surface area contributed by atoms with Gasteiger partial charge in [-0.1, -0.05) is 30.3 Å². The second kappa shape index (κ2) is 7.13. The SMILES string of the molecule is Cc1cccc2c1c1c(CC(=O)N3CCCC3)nn(-c3ccccc3)c(=O)c1n2C. The molecule has 0 bridgehead atoms. The molecule has 6 heteroatoms. The fourth-order valence-corrected chi connectivity index (χ4v) is 4.60. The molecule has 0 radical (unpaired) electrons. The Hall–Kier alpha value is -3.41. The van der Waals surface area contributed by atoms with Crippen LogP contribution in [-0.4, -0.2) is 38.2 Å². The van der Waals surface area contributed by atoms with Crippen LogP contribution in [0.1, 0.15) is 24.1 Å². The normalized spacial score (nSPS) is 14.1. The number of fused-ring (bicyclic) bond motifs is 3. The molecule has 6 nitrogen and oxygen atoms in total. The van der Waals surface area contributed by atoms with Gasteiger partial charge in [-0.05, 0) is 43.5 Å². The van der Waals surface area contributed by atoms with E-state index in [9.17, 15) is 9.59 Å². The highest BCUT2D eigenvalue weighted by molar-refractivity contribution is 6.11. The molecular formula is C24H24N4O2. The van der Waals surface area contributed by atoms with Crippen molar-refractivity contribution in [3.8, 4) is 5.69 Å². The van der Waals surface area contributed by atoms with Crippen LogP contribution < -0.4 is 5.56 Å². The van der Waals surface area contributed by atoms with Gasteiger partial charge in [-0.15, -0.1) is 0 Å². The molecular weight excluding hydrogens is 376 g/mol. The van der Waals surface area contributed by atoms with Crippen LogP contribution in [0.25, 0.3) is 27.5 Å². The molecule has 152 valence electrons. The molecule has 30 heavy (non-hydrogen) atoms. The van der Waals surface area contributed by atoms with Crippen LogP contribution in [0.3, 0.4) is 0 Å². The van der Waals surface area contributed by atoms with Gasteiger partial charge in [0, 0.05) is 36.4 Å². The van der Waals surface area contributed by atoms with Gasteiger partial charge in [-0.2, -0.15) is 9.78 Å². The number of carbonyl (C=O) groups is 1. The van der Waals surface area contributed by atoms with Crippen LogP contribution in [0.2, 0.25) is 0 Å². The predicted octanol–water partition coefficient (Wildman–Crippen LogP) is 3.35. The number of aryl methyl sites for hydroxylation is 2. The zero-order valence-electron chi connectivity index (χ0n) is 17.3. The lowest BCUT2D eigenvalue weighted by Gasteiger charge is -2.16. The van der Waals surface area contributed by atoms with Gasteiger partial charge in [0.1, 0.15) is 5.52 Å². The van der Waals surface area contributed by atoms with Gasteiger partial charge in [-0.3, -0.25) is 9.59 Å². The highest BCUT2D eigenvalue weighted by Gasteiger charge is 2.24. The van der Waals surface area contributed by atoms with Gasteiger partial charge >= 0.3 is 0 Å². The monoisotopic (exact) mass is 400 g/mol. The first-order chi connectivity index (χ1) is 14.6. The molecule has 4 aromatic rings. The summed E-state index contributed by atoms with van der Waals surface area (Å²) in [6.45, 7) is 3.64. The Morgan fingerprint density at radius 1 is 1.00 bits per heavy atom. The lowest BCUT2D eigenvalue weighted by molar-refractivity contribution is -0.129. The van der Waals surface area contributed by atoms with Crippen molar-refractivity contribution in [2.24, 2.45) is 7.05 Å². The molecule has 1 aliphatic heterocycles. The number of likely N-dealkylation sites (tertiary alicyclic amines) is 1. The predicted molar refractivity (Wildman–Crippen MR) is 118 cm³/mol. The number of carbonyl (C=O) groups excluding carboxylic acids is 1. The average molecular weight is 400 g/mol. The Balaban J connectivity index is 1.82. The van der Waals surface area contributed by atoms with E-state index in [2.05, 4.69) is 0 Å². The van der Waals surface area contributed by atoms with Crippen molar-refractivity contribution in [1.29, 1.82) is 0 Å². The lowest BCUT2D eigenvalue weighted by Crippen LogP contribution is -2.31. The molecule has 2 aromatic carbocycles. The summed E-state index contributed by atoms with van der Waals surface area (Å²) >= 11 is 0. The van der Waals surface area contributed by atoms with Gasteiger partial charge in [0.05, 0.1) is 17.8 Å². The van der Waals surface area contributed by atoms with Crippen LogP contribution in [0.15, 0.2) is 53.3 Å². The Morgan fingerprint density at radius 2 is 1.73 bits per heavy atom. The summed E-state index contributed by atoms with van der Waals surface area (Å²) in [6, 6.07) is 15.4. The van der Waals surface area contributed by atoms with Crippen molar-refractivity contribution in [2.45, 2.75) is 26.2 Å². The third-order valence-electron chi connectivity index (χ3n) is 6.12. The van der Waals surface area contributed by atoms with E-state index in [1.165, 1.54) is 4.68 Å². The zero-order valence-corrected chi connectivity index (χ0v) is 17.3. The summed E-state index contributed by atoms with van der Waals surface area (Å²) in [7, 11) is 1.91. The van der Waals surface area contributed by atoms with Crippen molar-refractivity contribution >= 4 is 27.7 Å². The van der Waals surface area contributed by atoms with E-state index in [1.54, 1.807) is 0 Å². The summed E-state index contributed by atoms with van der Waals surface area (Å²) < 4.78 is 3.37. The number of benzene rings is 2. The van der Waals surface area contributed by atoms with Crippen molar-refractivity contribution in [2.75, 3.05) is 13.1 Å². The number of hydrogen-bond donors (Lipinski definition) is 0. The van der Waals surface area contributed by atoms with E-state index in [0.717, 1.165) is 47.8 Å². The van der Waals surface area contributed by atoms with Gasteiger partial charge in [0.25, 0.3) is 5.56 Å². The first-order valence-corrected chi connectivity index (χ1v) is 10.4. The summed E-state index contributed by atoms with van der Waals surface area (Å²) in [5.74, 6) is 0.0742. The van der Waals surface area contributed by atoms with E-state index in [1.807, 2.05) is 72.0 Å². The number of rotatable bonds is 3. The molecule has 1 aliphatic rings. The molecule has 0 unspecified atom stereocenters. The maximum Gasteiger partial charge on any atom is 0.296 e. The quantitative estimate of drug-likeness (QED) is 0.530. The van der Waals surface area contributed by atoms with E-state index in [0.29, 0.717) is 16.9 Å². The number of para-hydroxylation sites is 1. The van der Waals surface area contributed by atoms with Crippen LogP contribution in [0, 0.1) is 6.92 Å². The third-order valence-corrected chi connectivity index (χ3v) is 6.12. The molecule has 1 fully saturated rings. The third kappa shape index (κ3) is 2.83. The van der Waals surface area contributed by atoms with Crippen molar-refractivity contribution in [3.63, 3.8) is 0 Å². The molecule has 0 spiro atoms. The minimum atomic E-state index is -0.174. The Kier molecular flexibility index (Phi) is 4.42. The van der Waals surface area contributed by atoms with Crippen LogP contribution >= 0.6 is 0 Å². The van der Waals surface area contributed by atoms with E-state index < -0.39 is 0 Å². The Labute approximate surface area is 174 Å². The maximum atomic E-state index is 13.5. The molecule has 0 aliphatic carbocycles. The number of amides is 1. The lowest BCUT2D eigenvalue weighted by atomic mass is 10.1. The number of aromatic nitrogens is 3. The first kappa shape index (κ1) is 18.6. The maximum absolute atomic E-state index is 13.5. The molecule has 2 aromatic heterocycles. The molecule has 0 atom stereocenters. The van der Waals surface area contributed by atoms with E-state index in [-0.39, 0.29) is 17.9 Å². The second-order valence-electron chi connectivity index (χ2n) is 8.02. The van der Waals surface area contributed by atoms with Crippen molar-refractivity contribution in [3.05, 3.63) is 70.1 Å². The van der Waals surface area contributed by atoms with Gasteiger partial charge in [0.15, 0.2) is 0 Å². The minimum Gasteiger partial charge on any atom is -0.342 e. The molecule has 3 heterocycles.